The topological polar surface area (TPSA) is 98.5 Å². The second-order valence-corrected chi connectivity index (χ2v) is 3.96. The molecule has 0 saturated heterocycles. The van der Waals surface area contributed by atoms with E-state index in [1.54, 1.807) is 5.32 Å². The fourth-order valence-corrected chi connectivity index (χ4v) is 1.52. The molecule has 18 heavy (non-hydrogen) atoms. The minimum Gasteiger partial charge on any atom is -0.452 e. The lowest BCUT2D eigenvalue weighted by Gasteiger charge is -2.05. The first-order valence-electron chi connectivity index (χ1n) is 4.61. The third kappa shape index (κ3) is 4.23. The first-order valence-corrected chi connectivity index (χ1v) is 5.37. The molecular weight excluding hydrogens is 283 g/mol. The van der Waals surface area contributed by atoms with E-state index in [9.17, 15) is 14.4 Å². The van der Waals surface area contributed by atoms with Gasteiger partial charge in [0.2, 0.25) is 0 Å². The molecule has 3 amide bonds. The fraction of sp³-hybridized carbons (Fsp3) is 0.100. The Morgan fingerprint density at radius 1 is 1.28 bits per heavy atom. The molecule has 8 heteroatoms. The molecule has 0 spiro atoms. The zero-order valence-corrected chi connectivity index (χ0v) is 10.4. The number of benzene rings is 1. The second-order valence-electron chi connectivity index (χ2n) is 3.11. The zero-order chi connectivity index (χ0) is 13.7. The van der Waals surface area contributed by atoms with Gasteiger partial charge in [0.15, 0.2) is 6.61 Å². The van der Waals surface area contributed by atoms with Gasteiger partial charge in [-0.25, -0.2) is 9.59 Å². The highest BCUT2D eigenvalue weighted by atomic mass is 35.5. The Hall–Kier alpha value is -1.79. The molecular formula is C10H8Cl2N2O4. The van der Waals surface area contributed by atoms with Crippen molar-refractivity contribution in [1.82, 2.24) is 5.32 Å². The summed E-state index contributed by atoms with van der Waals surface area (Å²) in [5.74, 6) is -1.64. The van der Waals surface area contributed by atoms with Crippen molar-refractivity contribution in [1.29, 1.82) is 0 Å². The van der Waals surface area contributed by atoms with E-state index in [0.29, 0.717) is 5.02 Å². The number of rotatable bonds is 3. The first kappa shape index (κ1) is 14.3. The molecule has 1 aromatic carbocycles. The van der Waals surface area contributed by atoms with Crippen molar-refractivity contribution in [3.05, 3.63) is 33.8 Å². The van der Waals surface area contributed by atoms with Gasteiger partial charge in [0.05, 0.1) is 10.6 Å². The Morgan fingerprint density at radius 2 is 1.94 bits per heavy atom. The highest BCUT2D eigenvalue weighted by Crippen LogP contribution is 2.21. The molecule has 0 aromatic heterocycles. The van der Waals surface area contributed by atoms with Gasteiger partial charge in [-0.05, 0) is 18.2 Å². The lowest BCUT2D eigenvalue weighted by molar-refractivity contribution is -0.123. The molecule has 1 rings (SSSR count). The largest absolute Gasteiger partial charge is 0.452 e. The smallest absolute Gasteiger partial charge is 0.340 e. The predicted octanol–water partition coefficient (Wildman–Crippen LogP) is 1.35. The van der Waals surface area contributed by atoms with E-state index in [1.807, 2.05) is 0 Å². The van der Waals surface area contributed by atoms with Gasteiger partial charge < -0.3 is 10.5 Å². The lowest BCUT2D eigenvalue weighted by Crippen LogP contribution is -2.37. The van der Waals surface area contributed by atoms with E-state index in [0.717, 1.165) is 0 Å². The molecule has 0 heterocycles. The molecule has 96 valence electrons. The minimum absolute atomic E-state index is 0.0629. The maximum atomic E-state index is 11.5. The van der Waals surface area contributed by atoms with E-state index >= 15 is 0 Å². The Kier molecular flexibility index (Phi) is 4.94. The fourth-order valence-electron chi connectivity index (χ4n) is 1.04. The van der Waals surface area contributed by atoms with Crippen LogP contribution in [0, 0.1) is 0 Å². The van der Waals surface area contributed by atoms with Gasteiger partial charge in [-0.2, -0.15) is 0 Å². The van der Waals surface area contributed by atoms with Crippen LogP contribution < -0.4 is 11.1 Å². The highest BCUT2D eigenvalue weighted by Gasteiger charge is 2.14. The number of ether oxygens (including phenoxy) is 1. The molecule has 0 radical (unpaired) electrons. The summed E-state index contributed by atoms with van der Waals surface area (Å²) in [7, 11) is 0. The zero-order valence-electron chi connectivity index (χ0n) is 8.91. The third-order valence-electron chi connectivity index (χ3n) is 1.75. The summed E-state index contributed by atoms with van der Waals surface area (Å²) >= 11 is 11.4. The summed E-state index contributed by atoms with van der Waals surface area (Å²) in [5, 5.41) is 2.21. The number of halogens is 2. The monoisotopic (exact) mass is 290 g/mol. The number of hydrogen-bond acceptors (Lipinski definition) is 4. The molecule has 3 N–H and O–H groups in total. The minimum atomic E-state index is -1.03. The van der Waals surface area contributed by atoms with Crippen molar-refractivity contribution in [2.75, 3.05) is 6.61 Å². The number of carbonyl (C=O) groups excluding carboxylic acids is 3. The predicted molar refractivity (Wildman–Crippen MR) is 64.5 cm³/mol. The van der Waals surface area contributed by atoms with Crippen LogP contribution in [-0.2, 0) is 9.53 Å². The number of urea groups is 1. The van der Waals surface area contributed by atoms with Crippen LogP contribution >= 0.6 is 23.2 Å². The van der Waals surface area contributed by atoms with Gasteiger partial charge in [-0.1, -0.05) is 23.2 Å². The summed E-state index contributed by atoms with van der Waals surface area (Å²) in [6, 6.07) is 3.15. The number of esters is 1. The quantitative estimate of drug-likeness (QED) is 0.821. The van der Waals surface area contributed by atoms with Crippen LogP contribution in [0.15, 0.2) is 18.2 Å². The van der Waals surface area contributed by atoms with Gasteiger partial charge in [-0.15, -0.1) is 0 Å². The molecule has 0 saturated carbocycles. The van der Waals surface area contributed by atoms with Crippen molar-refractivity contribution in [3.63, 3.8) is 0 Å². The maximum Gasteiger partial charge on any atom is 0.340 e. The maximum absolute atomic E-state index is 11.5. The van der Waals surface area contributed by atoms with Crippen LogP contribution in [0.25, 0.3) is 0 Å². The number of imide groups is 1. The van der Waals surface area contributed by atoms with E-state index < -0.39 is 24.5 Å². The molecule has 0 fully saturated rings. The van der Waals surface area contributed by atoms with Crippen molar-refractivity contribution in [2.24, 2.45) is 5.73 Å². The summed E-state index contributed by atoms with van der Waals surface area (Å²) in [6.07, 6.45) is 0. The average Bonchev–Trinajstić information content (AvgIpc) is 2.25. The summed E-state index contributed by atoms with van der Waals surface area (Å²) < 4.78 is 4.63. The van der Waals surface area contributed by atoms with Crippen LogP contribution in [0.2, 0.25) is 10.0 Å². The van der Waals surface area contributed by atoms with E-state index in [2.05, 4.69) is 4.74 Å². The van der Waals surface area contributed by atoms with Gasteiger partial charge in [0.25, 0.3) is 5.91 Å². The Balaban J connectivity index is 2.60. The van der Waals surface area contributed by atoms with Crippen LogP contribution in [0.1, 0.15) is 10.4 Å². The van der Waals surface area contributed by atoms with Gasteiger partial charge >= 0.3 is 12.0 Å². The van der Waals surface area contributed by atoms with Crippen LogP contribution in [0.5, 0.6) is 0 Å². The van der Waals surface area contributed by atoms with E-state index in [-0.39, 0.29) is 10.6 Å². The molecule has 6 nitrogen and oxygen atoms in total. The Bertz CT molecular complexity index is 505. The van der Waals surface area contributed by atoms with Gasteiger partial charge in [0.1, 0.15) is 0 Å². The summed E-state index contributed by atoms with van der Waals surface area (Å²) in [6.45, 7) is -0.638. The van der Waals surface area contributed by atoms with Crippen molar-refractivity contribution in [3.8, 4) is 0 Å². The molecule has 0 unspecified atom stereocenters. The first-order chi connectivity index (χ1) is 8.40. The van der Waals surface area contributed by atoms with Crippen molar-refractivity contribution >= 4 is 41.1 Å². The Morgan fingerprint density at radius 3 is 2.50 bits per heavy atom. The normalized spacial score (nSPS) is 9.67. The van der Waals surface area contributed by atoms with Crippen molar-refractivity contribution < 1.29 is 19.1 Å². The summed E-state index contributed by atoms with van der Waals surface area (Å²) in [5.41, 5.74) is 4.77. The molecule has 0 aliphatic rings. The number of amides is 3. The Labute approximate surface area is 112 Å². The van der Waals surface area contributed by atoms with E-state index in [4.69, 9.17) is 28.9 Å². The number of nitrogens with one attached hydrogen (secondary N) is 1. The second kappa shape index (κ2) is 6.23. The van der Waals surface area contributed by atoms with Crippen LogP contribution in [0.4, 0.5) is 4.79 Å². The van der Waals surface area contributed by atoms with Gasteiger partial charge in [0, 0.05) is 5.02 Å². The molecule has 0 aliphatic heterocycles. The lowest BCUT2D eigenvalue weighted by atomic mass is 10.2. The van der Waals surface area contributed by atoms with Crippen LogP contribution in [-0.4, -0.2) is 24.5 Å². The molecule has 1 aromatic rings. The SMILES string of the molecule is NC(=O)NC(=O)COC(=O)c1ccc(Cl)cc1Cl. The van der Waals surface area contributed by atoms with Crippen molar-refractivity contribution in [2.45, 2.75) is 0 Å². The molecule has 0 atom stereocenters. The highest BCUT2D eigenvalue weighted by molar-refractivity contribution is 6.36. The third-order valence-corrected chi connectivity index (χ3v) is 2.30. The van der Waals surface area contributed by atoms with Crippen LogP contribution in [0.3, 0.4) is 0 Å². The van der Waals surface area contributed by atoms with Gasteiger partial charge in [-0.3, -0.25) is 10.1 Å². The number of nitrogens with two attached hydrogens (primary N) is 1. The number of hydrogen-bond donors (Lipinski definition) is 2. The average molecular weight is 291 g/mol. The standard InChI is InChI=1S/C10H8Cl2N2O4/c11-5-1-2-6(7(12)3-5)9(16)18-4-8(15)14-10(13)17/h1-3H,4H2,(H3,13,14,15,17). The number of primary amides is 1. The summed E-state index contributed by atoms with van der Waals surface area (Å²) in [4.78, 5) is 32.8. The van der Waals surface area contributed by atoms with E-state index in [1.165, 1.54) is 18.2 Å². The molecule has 0 bridgehead atoms. The number of carbonyl (C=O) groups is 3. The molecule has 0 aliphatic carbocycles.